The Bertz CT molecular complexity index is 1550. The van der Waals surface area contributed by atoms with Crippen LogP contribution in [-0.2, 0) is 4.79 Å². The first kappa shape index (κ1) is 23.0. The Morgan fingerprint density at radius 3 is 2.54 bits per heavy atom. The lowest BCUT2D eigenvalue weighted by Crippen LogP contribution is -2.19. The van der Waals surface area contributed by atoms with E-state index in [4.69, 9.17) is 28.9 Å². The number of thioether (sulfide) groups is 1. The summed E-state index contributed by atoms with van der Waals surface area (Å²) in [5.41, 5.74) is 9.19. The van der Waals surface area contributed by atoms with Gasteiger partial charge in [0.05, 0.1) is 26.0 Å². The number of aromatic nitrogens is 2. The van der Waals surface area contributed by atoms with Crippen LogP contribution in [0.3, 0.4) is 0 Å². The van der Waals surface area contributed by atoms with Crippen molar-refractivity contribution >= 4 is 74.6 Å². The van der Waals surface area contributed by atoms with Gasteiger partial charge in [0.1, 0.15) is 5.69 Å². The van der Waals surface area contributed by atoms with Gasteiger partial charge in [-0.1, -0.05) is 35.3 Å². The molecule has 0 aliphatic carbocycles. The number of hydrogen-bond acceptors (Lipinski definition) is 6. The second-order valence-electron chi connectivity index (χ2n) is 7.48. The molecule has 35 heavy (non-hydrogen) atoms. The van der Waals surface area contributed by atoms with Crippen LogP contribution in [0.25, 0.3) is 28.1 Å². The summed E-state index contributed by atoms with van der Waals surface area (Å²) < 4.78 is 0. The fourth-order valence-electron chi connectivity index (χ4n) is 3.65. The van der Waals surface area contributed by atoms with Crippen LogP contribution in [0.2, 0.25) is 10.0 Å². The molecule has 7 nitrogen and oxygen atoms in total. The third-order valence-electron chi connectivity index (χ3n) is 5.23. The number of carbonyl (C=O) groups excluding carboxylic acids is 2. The van der Waals surface area contributed by atoms with Crippen molar-refractivity contribution in [3.05, 3.63) is 93.2 Å². The molecule has 1 aliphatic rings. The van der Waals surface area contributed by atoms with Crippen molar-refractivity contribution in [2.45, 2.75) is 0 Å². The lowest BCUT2D eigenvalue weighted by Gasteiger charge is -2.11. The molecule has 5 rings (SSSR count). The number of halogens is 2. The molecule has 0 atom stereocenters. The number of nitrogens with one attached hydrogen (secondary N) is 1. The highest BCUT2D eigenvalue weighted by atomic mass is 35.5. The van der Waals surface area contributed by atoms with Crippen LogP contribution < -0.4 is 11.1 Å². The molecule has 0 spiro atoms. The summed E-state index contributed by atoms with van der Waals surface area (Å²) in [6.45, 7) is 0. The van der Waals surface area contributed by atoms with E-state index >= 15 is 0 Å². The van der Waals surface area contributed by atoms with E-state index in [1.807, 2.05) is 18.2 Å². The van der Waals surface area contributed by atoms with Crippen LogP contribution >= 0.6 is 35.0 Å². The van der Waals surface area contributed by atoms with Crippen molar-refractivity contribution in [2.24, 2.45) is 10.7 Å². The fraction of sp³-hybridized carbons (Fsp3) is 0. The SMILES string of the molecule is NC(=O)c1cnc2ccc(C=C3SC(=Nc4c(Cl)cccc4Cl)NC3=O)cc2c1-c1ccncc1. The molecule has 0 saturated carbocycles. The van der Waals surface area contributed by atoms with Crippen molar-refractivity contribution in [2.75, 3.05) is 0 Å². The van der Waals surface area contributed by atoms with Gasteiger partial charge < -0.3 is 11.1 Å². The zero-order chi connectivity index (χ0) is 24.5. The fourth-order valence-corrected chi connectivity index (χ4v) is 4.96. The van der Waals surface area contributed by atoms with Gasteiger partial charge in [0.25, 0.3) is 11.8 Å². The molecule has 2 aromatic heterocycles. The second-order valence-corrected chi connectivity index (χ2v) is 9.32. The molecule has 4 aromatic rings. The Labute approximate surface area is 214 Å². The van der Waals surface area contributed by atoms with E-state index in [1.165, 1.54) is 18.0 Å². The van der Waals surface area contributed by atoms with Gasteiger partial charge in [-0.25, -0.2) is 4.99 Å². The summed E-state index contributed by atoms with van der Waals surface area (Å²) in [5.74, 6) is -0.879. The van der Waals surface area contributed by atoms with Crippen LogP contribution in [0.1, 0.15) is 15.9 Å². The zero-order valence-electron chi connectivity index (χ0n) is 17.8. The van der Waals surface area contributed by atoms with Crippen LogP contribution in [0.4, 0.5) is 5.69 Å². The van der Waals surface area contributed by atoms with Crippen molar-refractivity contribution in [1.29, 1.82) is 0 Å². The highest BCUT2D eigenvalue weighted by Crippen LogP contribution is 2.36. The normalized spacial score (nSPS) is 15.7. The second kappa shape index (κ2) is 9.50. The van der Waals surface area contributed by atoms with Gasteiger partial charge in [0.2, 0.25) is 0 Å². The Morgan fingerprint density at radius 2 is 1.83 bits per heavy atom. The molecule has 1 aliphatic heterocycles. The van der Waals surface area contributed by atoms with E-state index in [0.29, 0.717) is 42.4 Å². The first-order valence-electron chi connectivity index (χ1n) is 10.3. The number of amidine groups is 1. The van der Waals surface area contributed by atoms with Gasteiger partial charge in [0, 0.05) is 29.5 Å². The predicted octanol–water partition coefficient (Wildman–Crippen LogP) is 5.59. The molecule has 3 N–H and O–H groups in total. The number of carbonyl (C=O) groups is 2. The highest BCUT2D eigenvalue weighted by Gasteiger charge is 2.25. The van der Waals surface area contributed by atoms with E-state index in [2.05, 4.69) is 20.3 Å². The van der Waals surface area contributed by atoms with E-state index in [0.717, 1.165) is 16.5 Å². The summed E-state index contributed by atoms with van der Waals surface area (Å²) in [7, 11) is 0. The summed E-state index contributed by atoms with van der Waals surface area (Å²) in [5, 5.41) is 4.59. The molecule has 1 fully saturated rings. The molecule has 2 amide bonds. The molecule has 0 bridgehead atoms. The van der Waals surface area contributed by atoms with Crippen molar-refractivity contribution in [3.8, 4) is 11.1 Å². The number of primary amides is 1. The molecule has 1 saturated heterocycles. The quantitative estimate of drug-likeness (QED) is 0.341. The van der Waals surface area contributed by atoms with Gasteiger partial charge >= 0.3 is 0 Å². The smallest absolute Gasteiger partial charge is 0.264 e. The average molecular weight is 520 g/mol. The number of fused-ring (bicyclic) bond motifs is 1. The maximum Gasteiger partial charge on any atom is 0.264 e. The summed E-state index contributed by atoms with van der Waals surface area (Å²) in [6, 6.07) is 14.2. The minimum absolute atomic E-state index is 0.296. The maximum absolute atomic E-state index is 12.6. The molecule has 10 heteroatoms. The Hall–Kier alpha value is -3.72. The number of rotatable bonds is 4. The summed E-state index contributed by atoms with van der Waals surface area (Å²) >= 11 is 13.6. The maximum atomic E-state index is 12.6. The Kier molecular flexibility index (Phi) is 6.25. The molecule has 172 valence electrons. The number of benzene rings is 2. The van der Waals surface area contributed by atoms with Gasteiger partial charge in [-0.05, 0) is 65.4 Å². The Morgan fingerprint density at radius 1 is 1.09 bits per heavy atom. The molecule has 0 unspecified atom stereocenters. The van der Waals surface area contributed by atoms with Gasteiger partial charge in [0.15, 0.2) is 5.17 Å². The third-order valence-corrected chi connectivity index (χ3v) is 6.75. The molecule has 3 heterocycles. The van der Waals surface area contributed by atoms with Crippen LogP contribution in [-0.4, -0.2) is 26.9 Å². The predicted molar refractivity (Wildman–Crippen MR) is 141 cm³/mol. The van der Waals surface area contributed by atoms with Crippen LogP contribution in [0, 0.1) is 0 Å². The number of aliphatic imine (C=N–C) groups is 1. The third kappa shape index (κ3) is 4.64. The molecular formula is C25H15Cl2N5O2S. The summed E-state index contributed by atoms with van der Waals surface area (Å²) in [6.07, 6.45) is 6.50. The topological polar surface area (TPSA) is 110 Å². The number of nitrogens with two attached hydrogens (primary N) is 1. The van der Waals surface area contributed by atoms with E-state index in [1.54, 1.807) is 48.8 Å². The largest absolute Gasteiger partial charge is 0.366 e. The molecular weight excluding hydrogens is 505 g/mol. The standard InChI is InChI=1S/C25H15Cl2N5O2S/c26-17-2-1-3-18(27)22(17)31-25-32-24(34)20(35-25)11-13-4-5-19-15(10-13)21(14-6-8-29-9-7-14)16(12-30-19)23(28)33/h1-12H,(H2,28,33)(H,31,32,34). The van der Waals surface area contributed by atoms with Crippen molar-refractivity contribution < 1.29 is 9.59 Å². The summed E-state index contributed by atoms with van der Waals surface area (Å²) in [4.78, 5) is 38.1. The minimum Gasteiger partial charge on any atom is -0.366 e. The first-order chi connectivity index (χ1) is 16.9. The Balaban J connectivity index is 1.57. The van der Waals surface area contributed by atoms with Gasteiger partial charge in [-0.15, -0.1) is 0 Å². The average Bonchev–Trinajstić information content (AvgIpc) is 3.19. The number of pyridine rings is 2. The van der Waals surface area contributed by atoms with Crippen molar-refractivity contribution in [3.63, 3.8) is 0 Å². The van der Waals surface area contributed by atoms with E-state index < -0.39 is 5.91 Å². The first-order valence-corrected chi connectivity index (χ1v) is 11.8. The monoisotopic (exact) mass is 519 g/mol. The zero-order valence-corrected chi connectivity index (χ0v) is 20.2. The van der Waals surface area contributed by atoms with Gasteiger partial charge in [-0.2, -0.15) is 0 Å². The molecule has 0 radical (unpaired) electrons. The number of hydrogen-bond donors (Lipinski definition) is 2. The lowest BCUT2D eigenvalue weighted by atomic mass is 9.95. The van der Waals surface area contributed by atoms with Crippen LogP contribution in [0.15, 0.2) is 77.0 Å². The van der Waals surface area contributed by atoms with Crippen LogP contribution in [0.5, 0.6) is 0 Å². The van der Waals surface area contributed by atoms with E-state index in [9.17, 15) is 9.59 Å². The number of nitrogens with zero attached hydrogens (tertiary/aromatic N) is 3. The highest BCUT2D eigenvalue weighted by molar-refractivity contribution is 8.18. The lowest BCUT2D eigenvalue weighted by molar-refractivity contribution is -0.115. The molecule has 2 aromatic carbocycles. The van der Waals surface area contributed by atoms with Crippen molar-refractivity contribution in [1.82, 2.24) is 15.3 Å². The van der Waals surface area contributed by atoms with E-state index in [-0.39, 0.29) is 5.91 Å². The minimum atomic E-state index is -0.584. The number of para-hydroxylation sites is 1. The number of amides is 2. The van der Waals surface area contributed by atoms with Gasteiger partial charge in [-0.3, -0.25) is 19.6 Å².